The van der Waals surface area contributed by atoms with E-state index in [2.05, 4.69) is 6.92 Å². The third-order valence-corrected chi connectivity index (χ3v) is 2.92. The van der Waals surface area contributed by atoms with Crippen molar-refractivity contribution in [2.24, 2.45) is 0 Å². The van der Waals surface area contributed by atoms with E-state index < -0.39 is 0 Å². The Morgan fingerprint density at radius 2 is 2.00 bits per heavy atom. The molecule has 19 heavy (non-hydrogen) atoms. The molecule has 0 fully saturated rings. The maximum absolute atomic E-state index is 12.1. The van der Waals surface area contributed by atoms with Gasteiger partial charge in [0.25, 0.3) is 0 Å². The Hall–Kier alpha value is -1.55. The highest BCUT2D eigenvalue weighted by Gasteiger charge is 2.14. The third kappa shape index (κ3) is 4.91. The van der Waals surface area contributed by atoms with Gasteiger partial charge in [-0.3, -0.25) is 4.79 Å². The molecule has 0 unspecified atom stereocenters. The van der Waals surface area contributed by atoms with Gasteiger partial charge in [-0.25, -0.2) is 0 Å². The predicted molar refractivity (Wildman–Crippen MR) is 75.2 cm³/mol. The Labute approximate surface area is 115 Å². The number of nitrogens with zero attached hydrogens (tertiary/aromatic N) is 1. The summed E-state index contributed by atoms with van der Waals surface area (Å²) >= 11 is 0. The molecule has 0 N–H and O–H groups in total. The number of para-hydroxylation sites is 1. The van der Waals surface area contributed by atoms with E-state index in [0.29, 0.717) is 19.6 Å². The van der Waals surface area contributed by atoms with Gasteiger partial charge in [-0.1, -0.05) is 25.1 Å². The number of hydrogen-bond acceptors (Lipinski definition) is 3. The lowest BCUT2D eigenvalue weighted by Gasteiger charge is -2.23. The Balaban J connectivity index is 2.74. The van der Waals surface area contributed by atoms with Crippen LogP contribution in [0.3, 0.4) is 0 Å². The van der Waals surface area contributed by atoms with Crippen LogP contribution in [-0.4, -0.2) is 38.2 Å². The quantitative estimate of drug-likeness (QED) is 0.725. The van der Waals surface area contributed by atoms with Crippen molar-refractivity contribution in [2.45, 2.75) is 26.3 Å². The second kappa shape index (κ2) is 8.53. The molecule has 1 amide bonds. The maximum Gasteiger partial charge on any atom is 0.225 e. The highest BCUT2D eigenvalue weighted by Crippen LogP contribution is 2.19. The van der Waals surface area contributed by atoms with E-state index in [4.69, 9.17) is 9.47 Å². The normalized spacial score (nSPS) is 10.3. The topological polar surface area (TPSA) is 38.8 Å². The van der Waals surface area contributed by atoms with Crippen LogP contribution < -0.4 is 4.74 Å². The lowest BCUT2D eigenvalue weighted by atomic mass is 10.1. The van der Waals surface area contributed by atoms with Gasteiger partial charge in [0.15, 0.2) is 0 Å². The van der Waals surface area contributed by atoms with Crippen LogP contribution in [-0.2, 0) is 16.1 Å². The number of amides is 1. The van der Waals surface area contributed by atoms with Crippen LogP contribution in [0.1, 0.15) is 25.3 Å². The molecule has 1 aromatic carbocycles. The number of carbonyl (C=O) groups excluding carboxylic acids is 1. The Morgan fingerprint density at radius 1 is 1.26 bits per heavy atom. The van der Waals surface area contributed by atoms with E-state index in [0.717, 1.165) is 24.3 Å². The summed E-state index contributed by atoms with van der Waals surface area (Å²) in [5.74, 6) is 0.942. The van der Waals surface area contributed by atoms with Crippen LogP contribution in [0.2, 0.25) is 0 Å². The molecular formula is C15H23NO3. The van der Waals surface area contributed by atoms with Crippen molar-refractivity contribution in [3.05, 3.63) is 29.8 Å². The minimum Gasteiger partial charge on any atom is -0.496 e. The van der Waals surface area contributed by atoms with Crippen molar-refractivity contribution in [1.29, 1.82) is 0 Å². The predicted octanol–water partition coefficient (Wildman–Crippen LogP) is 2.47. The molecule has 4 heteroatoms. The van der Waals surface area contributed by atoms with Gasteiger partial charge in [0.2, 0.25) is 5.91 Å². The SMILES string of the molecule is CCCN(Cc1ccccc1OC)C(=O)CCOC. The summed E-state index contributed by atoms with van der Waals surface area (Å²) in [6.45, 7) is 3.87. The second-order valence-electron chi connectivity index (χ2n) is 4.37. The number of benzene rings is 1. The monoisotopic (exact) mass is 265 g/mol. The van der Waals surface area contributed by atoms with Gasteiger partial charge in [0, 0.05) is 25.8 Å². The molecule has 0 saturated carbocycles. The first-order valence-corrected chi connectivity index (χ1v) is 6.61. The lowest BCUT2D eigenvalue weighted by molar-refractivity contribution is -0.132. The van der Waals surface area contributed by atoms with Gasteiger partial charge in [0.05, 0.1) is 20.1 Å². The van der Waals surface area contributed by atoms with Crippen molar-refractivity contribution >= 4 is 5.91 Å². The summed E-state index contributed by atoms with van der Waals surface area (Å²) < 4.78 is 10.3. The van der Waals surface area contributed by atoms with Gasteiger partial charge in [0.1, 0.15) is 5.75 Å². The van der Waals surface area contributed by atoms with Crippen molar-refractivity contribution in [2.75, 3.05) is 27.4 Å². The minimum atomic E-state index is 0.120. The molecule has 106 valence electrons. The fourth-order valence-corrected chi connectivity index (χ4v) is 1.95. The number of ether oxygens (including phenoxy) is 2. The zero-order chi connectivity index (χ0) is 14.1. The molecule has 0 spiro atoms. The van der Waals surface area contributed by atoms with Crippen LogP contribution >= 0.6 is 0 Å². The number of hydrogen-bond donors (Lipinski definition) is 0. The first kappa shape index (κ1) is 15.5. The van der Waals surface area contributed by atoms with E-state index in [-0.39, 0.29) is 5.91 Å². The fourth-order valence-electron chi connectivity index (χ4n) is 1.95. The van der Waals surface area contributed by atoms with Crippen LogP contribution in [0.25, 0.3) is 0 Å². The van der Waals surface area contributed by atoms with Crippen molar-refractivity contribution < 1.29 is 14.3 Å². The molecule has 0 aliphatic heterocycles. The first-order valence-electron chi connectivity index (χ1n) is 6.61. The number of methoxy groups -OCH3 is 2. The molecule has 0 heterocycles. The zero-order valence-electron chi connectivity index (χ0n) is 12.0. The van der Waals surface area contributed by atoms with Gasteiger partial charge >= 0.3 is 0 Å². The van der Waals surface area contributed by atoms with Crippen LogP contribution in [0.15, 0.2) is 24.3 Å². The molecule has 0 saturated heterocycles. The largest absolute Gasteiger partial charge is 0.496 e. The van der Waals surface area contributed by atoms with Crippen LogP contribution in [0.4, 0.5) is 0 Å². The Bertz CT molecular complexity index is 393. The summed E-state index contributed by atoms with van der Waals surface area (Å²) in [6, 6.07) is 7.80. The standard InChI is InChI=1S/C15H23NO3/c1-4-10-16(15(17)9-11-18-2)12-13-7-5-6-8-14(13)19-3/h5-8H,4,9-12H2,1-3H3. The minimum absolute atomic E-state index is 0.120. The van der Waals surface area contributed by atoms with E-state index in [1.54, 1.807) is 14.2 Å². The summed E-state index contributed by atoms with van der Waals surface area (Å²) in [4.78, 5) is 14.0. The summed E-state index contributed by atoms with van der Waals surface area (Å²) in [7, 11) is 3.26. The molecule has 0 aliphatic carbocycles. The third-order valence-electron chi connectivity index (χ3n) is 2.92. The molecule has 0 bridgehead atoms. The average molecular weight is 265 g/mol. The lowest BCUT2D eigenvalue weighted by Crippen LogP contribution is -2.32. The van der Waals surface area contributed by atoms with Gasteiger partial charge in [-0.2, -0.15) is 0 Å². The first-order chi connectivity index (χ1) is 9.22. The molecule has 1 rings (SSSR count). The second-order valence-corrected chi connectivity index (χ2v) is 4.37. The van der Waals surface area contributed by atoms with Crippen LogP contribution in [0, 0.1) is 0 Å². The molecule has 0 atom stereocenters. The molecule has 0 radical (unpaired) electrons. The van der Waals surface area contributed by atoms with Crippen molar-refractivity contribution in [1.82, 2.24) is 4.90 Å². The van der Waals surface area contributed by atoms with Crippen molar-refractivity contribution in [3.63, 3.8) is 0 Å². The van der Waals surface area contributed by atoms with Crippen LogP contribution in [0.5, 0.6) is 5.75 Å². The molecule has 1 aromatic rings. The van der Waals surface area contributed by atoms with Crippen molar-refractivity contribution in [3.8, 4) is 5.75 Å². The molecule has 0 aromatic heterocycles. The van der Waals surface area contributed by atoms with E-state index >= 15 is 0 Å². The number of carbonyl (C=O) groups is 1. The molecular weight excluding hydrogens is 242 g/mol. The molecule has 0 aliphatic rings. The van der Waals surface area contributed by atoms with E-state index in [1.807, 2.05) is 29.2 Å². The average Bonchev–Trinajstić information content (AvgIpc) is 2.44. The summed E-state index contributed by atoms with van der Waals surface area (Å²) in [6.07, 6.45) is 1.36. The maximum atomic E-state index is 12.1. The highest BCUT2D eigenvalue weighted by molar-refractivity contribution is 5.76. The van der Waals surface area contributed by atoms with E-state index in [1.165, 1.54) is 0 Å². The zero-order valence-corrected chi connectivity index (χ0v) is 12.0. The highest BCUT2D eigenvalue weighted by atomic mass is 16.5. The summed E-state index contributed by atoms with van der Waals surface area (Å²) in [5.41, 5.74) is 1.03. The number of rotatable bonds is 8. The van der Waals surface area contributed by atoms with E-state index in [9.17, 15) is 4.79 Å². The smallest absolute Gasteiger partial charge is 0.225 e. The summed E-state index contributed by atoms with van der Waals surface area (Å²) in [5, 5.41) is 0. The Morgan fingerprint density at radius 3 is 2.63 bits per heavy atom. The van der Waals surface area contributed by atoms with Gasteiger partial charge in [-0.05, 0) is 12.5 Å². The van der Waals surface area contributed by atoms with Gasteiger partial charge < -0.3 is 14.4 Å². The van der Waals surface area contributed by atoms with Gasteiger partial charge in [-0.15, -0.1) is 0 Å². The Kier molecular flexibility index (Phi) is 6.97. The molecule has 4 nitrogen and oxygen atoms in total. The fraction of sp³-hybridized carbons (Fsp3) is 0.533.